The van der Waals surface area contributed by atoms with Crippen molar-refractivity contribution in [1.29, 1.82) is 0 Å². The molecular weight excluding hydrogens is 236 g/mol. The summed E-state index contributed by atoms with van der Waals surface area (Å²) < 4.78 is 5.22. The molecule has 1 rings (SSSR count). The van der Waals surface area contributed by atoms with E-state index in [1.54, 1.807) is 0 Å². The fourth-order valence-corrected chi connectivity index (χ4v) is 1.94. The first kappa shape index (κ1) is 14.9. The van der Waals surface area contributed by atoms with Crippen molar-refractivity contribution in [2.24, 2.45) is 0 Å². The van der Waals surface area contributed by atoms with E-state index in [0.29, 0.717) is 19.5 Å². The number of rotatable bonds is 6. The average molecular weight is 258 g/mol. The number of nitrogens with zero attached hydrogens (tertiary/aromatic N) is 2. The van der Waals surface area contributed by atoms with E-state index in [-0.39, 0.29) is 18.6 Å². The zero-order chi connectivity index (χ0) is 13.5. The number of hydrogen-bond acceptors (Lipinski definition) is 4. The molecule has 1 saturated heterocycles. The fraction of sp³-hybridized carbons (Fsp3) is 0.833. The summed E-state index contributed by atoms with van der Waals surface area (Å²) in [4.78, 5) is 26.0. The molecule has 0 saturated carbocycles. The van der Waals surface area contributed by atoms with Crippen LogP contribution in [0.3, 0.4) is 0 Å². The number of ether oxygens (including phenoxy) is 1. The SMILES string of the molecule is CN(C)CCC(=O)N1CCC(OCC(=O)O)CC1. The Balaban J connectivity index is 2.22. The number of hydrogen-bond donors (Lipinski definition) is 1. The minimum Gasteiger partial charge on any atom is -0.480 e. The Morgan fingerprint density at radius 1 is 1.33 bits per heavy atom. The van der Waals surface area contributed by atoms with Crippen LogP contribution in [0.5, 0.6) is 0 Å². The Labute approximate surface area is 107 Å². The second-order valence-electron chi connectivity index (χ2n) is 4.84. The Kier molecular flexibility index (Phi) is 6.07. The number of carboxylic acids is 1. The van der Waals surface area contributed by atoms with E-state index in [1.807, 2.05) is 23.9 Å². The third-order valence-electron chi connectivity index (χ3n) is 3.01. The van der Waals surface area contributed by atoms with Gasteiger partial charge >= 0.3 is 5.97 Å². The van der Waals surface area contributed by atoms with Crippen molar-refractivity contribution in [3.05, 3.63) is 0 Å². The topological polar surface area (TPSA) is 70.1 Å². The van der Waals surface area contributed by atoms with Crippen molar-refractivity contribution in [3.63, 3.8) is 0 Å². The Morgan fingerprint density at radius 2 is 1.94 bits per heavy atom. The van der Waals surface area contributed by atoms with Crippen molar-refractivity contribution in [2.75, 3.05) is 40.3 Å². The second-order valence-corrected chi connectivity index (χ2v) is 4.84. The van der Waals surface area contributed by atoms with Gasteiger partial charge in [-0.3, -0.25) is 4.79 Å². The molecule has 6 nitrogen and oxygen atoms in total. The molecule has 0 spiro atoms. The van der Waals surface area contributed by atoms with Gasteiger partial charge in [-0.05, 0) is 26.9 Å². The van der Waals surface area contributed by atoms with Crippen molar-refractivity contribution in [1.82, 2.24) is 9.80 Å². The number of carbonyl (C=O) groups excluding carboxylic acids is 1. The summed E-state index contributed by atoms with van der Waals surface area (Å²) in [5, 5.41) is 8.51. The summed E-state index contributed by atoms with van der Waals surface area (Å²) in [6.45, 7) is 1.83. The van der Waals surface area contributed by atoms with Crippen LogP contribution in [0.1, 0.15) is 19.3 Å². The van der Waals surface area contributed by atoms with Crippen LogP contribution in [0.15, 0.2) is 0 Å². The van der Waals surface area contributed by atoms with Gasteiger partial charge in [-0.25, -0.2) is 4.79 Å². The first-order chi connectivity index (χ1) is 8.49. The molecule has 0 atom stereocenters. The predicted molar refractivity (Wildman–Crippen MR) is 66.4 cm³/mol. The fourth-order valence-electron chi connectivity index (χ4n) is 1.94. The number of amides is 1. The van der Waals surface area contributed by atoms with Gasteiger partial charge in [-0.1, -0.05) is 0 Å². The summed E-state index contributed by atoms with van der Waals surface area (Å²) in [5.74, 6) is -0.778. The molecule has 1 fully saturated rings. The van der Waals surface area contributed by atoms with Gasteiger partial charge in [-0.2, -0.15) is 0 Å². The highest BCUT2D eigenvalue weighted by molar-refractivity contribution is 5.76. The lowest BCUT2D eigenvalue weighted by Gasteiger charge is -2.32. The third-order valence-corrected chi connectivity index (χ3v) is 3.01. The minimum absolute atomic E-state index is 0.0287. The van der Waals surface area contributed by atoms with Crippen LogP contribution >= 0.6 is 0 Å². The van der Waals surface area contributed by atoms with E-state index in [2.05, 4.69) is 0 Å². The van der Waals surface area contributed by atoms with Gasteiger partial charge in [0.2, 0.25) is 5.91 Å². The summed E-state index contributed by atoms with van der Waals surface area (Å²) in [7, 11) is 3.89. The van der Waals surface area contributed by atoms with E-state index in [1.165, 1.54) is 0 Å². The molecule has 1 N–H and O–H groups in total. The van der Waals surface area contributed by atoms with Crippen LogP contribution in [0.25, 0.3) is 0 Å². The van der Waals surface area contributed by atoms with Crippen LogP contribution in [0.4, 0.5) is 0 Å². The zero-order valence-corrected chi connectivity index (χ0v) is 11.1. The maximum absolute atomic E-state index is 11.8. The van der Waals surface area contributed by atoms with E-state index in [4.69, 9.17) is 9.84 Å². The summed E-state index contributed by atoms with van der Waals surface area (Å²) >= 11 is 0. The molecule has 1 amide bonds. The molecule has 6 heteroatoms. The van der Waals surface area contributed by atoms with Gasteiger partial charge in [0, 0.05) is 26.1 Å². The number of aliphatic carboxylic acids is 1. The van der Waals surface area contributed by atoms with Gasteiger partial charge in [0.05, 0.1) is 6.10 Å². The van der Waals surface area contributed by atoms with Crippen LogP contribution in [0.2, 0.25) is 0 Å². The number of carbonyl (C=O) groups is 2. The Morgan fingerprint density at radius 3 is 2.44 bits per heavy atom. The van der Waals surface area contributed by atoms with Crippen LogP contribution < -0.4 is 0 Å². The normalized spacial score (nSPS) is 17.2. The molecule has 0 bridgehead atoms. The van der Waals surface area contributed by atoms with E-state index >= 15 is 0 Å². The molecule has 0 aromatic carbocycles. The molecule has 0 radical (unpaired) electrons. The smallest absolute Gasteiger partial charge is 0.329 e. The molecule has 0 aromatic rings. The Hall–Kier alpha value is -1.14. The molecular formula is C12H22N2O4. The molecule has 0 aromatic heterocycles. The number of likely N-dealkylation sites (tertiary alicyclic amines) is 1. The van der Waals surface area contributed by atoms with Gasteiger partial charge in [0.15, 0.2) is 0 Å². The highest BCUT2D eigenvalue weighted by atomic mass is 16.5. The van der Waals surface area contributed by atoms with E-state index in [9.17, 15) is 9.59 Å². The standard InChI is InChI=1S/C12H22N2O4/c1-13(2)6-5-11(15)14-7-3-10(4-8-14)18-9-12(16)17/h10H,3-9H2,1-2H3,(H,16,17). The predicted octanol–water partition coefficient (Wildman–Crippen LogP) is 0.0303. The zero-order valence-electron chi connectivity index (χ0n) is 11.1. The molecule has 1 heterocycles. The lowest BCUT2D eigenvalue weighted by molar-refractivity contribution is -0.146. The summed E-state index contributed by atoms with van der Waals surface area (Å²) in [6, 6.07) is 0. The molecule has 104 valence electrons. The summed E-state index contributed by atoms with van der Waals surface area (Å²) in [6.07, 6.45) is 1.95. The highest BCUT2D eigenvalue weighted by Gasteiger charge is 2.23. The van der Waals surface area contributed by atoms with Gasteiger partial charge in [0.25, 0.3) is 0 Å². The lowest BCUT2D eigenvalue weighted by atomic mass is 10.1. The first-order valence-corrected chi connectivity index (χ1v) is 6.25. The van der Waals surface area contributed by atoms with Gasteiger partial charge in [-0.15, -0.1) is 0 Å². The maximum Gasteiger partial charge on any atom is 0.329 e. The lowest BCUT2D eigenvalue weighted by Crippen LogP contribution is -2.42. The van der Waals surface area contributed by atoms with Crippen LogP contribution in [0, 0.1) is 0 Å². The molecule has 1 aliphatic rings. The van der Waals surface area contributed by atoms with Crippen molar-refractivity contribution < 1.29 is 19.4 Å². The third kappa shape index (κ3) is 5.46. The maximum atomic E-state index is 11.8. The van der Waals surface area contributed by atoms with Crippen molar-refractivity contribution in [3.8, 4) is 0 Å². The minimum atomic E-state index is -0.945. The quantitative estimate of drug-likeness (QED) is 0.728. The van der Waals surface area contributed by atoms with E-state index in [0.717, 1.165) is 19.4 Å². The highest BCUT2D eigenvalue weighted by Crippen LogP contribution is 2.14. The van der Waals surface area contributed by atoms with Crippen molar-refractivity contribution in [2.45, 2.75) is 25.4 Å². The molecule has 0 aliphatic carbocycles. The second kappa shape index (κ2) is 7.33. The number of piperidine rings is 1. The largest absolute Gasteiger partial charge is 0.480 e. The number of carboxylic acid groups (broad SMARTS) is 1. The van der Waals surface area contributed by atoms with E-state index < -0.39 is 5.97 Å². The monoisotopic (exact) mass is 258 g/mol. The molecule has 18 heavy (non-hydrogen) atoms. The summed E-state index contributed by atoms with van der Waals surface area (Å²) in [5.41, 5.74) is 0. The van der Waals surface area contributed by atoms with Crippen LogP contribution in [-0.2, 0) is 14.3 Å². The van der Waals surface area contributed by atoms with Gasteiger partial charge in [0.1, 0.15) is 6.61 Å². The van der Waals surface area contributed by atoms with Gasteiger partial charge < -0.3 is 19.6 Å². The first-order valence-electron chi connectivity index (χ1n) is 6.25. The Bertz CT molecular complexity index is 286. The van der Waals surface area contributed by atoms with Crippen molar-refractivity contribution >= 4 is 11.9 Å². The molecule has 0 unspecified atom stereocenters. The molecule has 1 aliphatic heterocycles. The average Bonchev–Trinajstić information content (AvgIpc) is 2.34. The van der Waals surface area contributed by atoms with Crippen LogP contribution in [-0.4, -0.2) is 73.2 Å².